The summed E-state index contributed by atoms with van der Waals surface area (Å²) in [5.74, 6) is 1.52. The number of hydrogen-bond acceptors (Lipinski definition) is 2. The van der Waals surface area contributed by atoms with Gasteiger partial charge in [-0.05, 0) is 42.8 Å². The fourth-order valence-corrected chi connectivity index (χ4v) is 2.92. The zero-order valence-corrected chi connectivity index (χ0v) is 11.9. The summed E-state index contributed by atoms with van der Waals surface area (Å²) in [6, 6.07) is 17.5. The average Bonchev–Trinajstić information content (AvgIpc) is 2.96. The van der Waals surface area contributed by atoms with E-state index in [1.165, 1.54) is 16.7 Å². The van der Waals surface area contributed by atoms with Crippen LogP contribution < -0.4 is 10.1 Å². The first-order valence-electron chi connectivity index (χ1n) is 7.33. The van der Waals surface area contributed by atoms with Gasteiger partial charge >= 0.3 is 0 Å². The zero-order chi connectivity index (χ0) is 13.8. The lowest BCUT2D eigenvalue weighted by atomic mass is 9.87. The minimum Gasteiger partial charge on any atom is -0.493 e. The topological polar surface area (TPSA) is 21.3 Å². The molecule has 1 heterocycles. The van der Waals surface area contributed by atoms with Crippen LogP contribution in [0.25, 0.3) is 0 Å². The standard InChI is InChI=1S/C18H21NO/c1-19-11-9-17(14-5-3-2-4-6-14)15-7-8-18-16(13-15)10-12-20-18/h2-8,13,17,19H,9-12H2,1H3/t17-/m1/s1. The van der Waals surface area contributed by atoms with Crippen LogP contribution in [0.15, 0.2) is 48.5 Å². The summed E-state index contributed by atoms with van der Waals surface area (Å²) in [5.41, 5.74) is 4.14. The molecular weight excluding hydrogens is 246 g/mol. The quantitative estimate of drug-likeness (QED) is 0.897. The first kappa shape index (κ1) is 13.2. The molecule has 0 bridgehead atoms. The van der Waals surface area contributed by atoms with Gasteiger partial charge in [-0.3, -0.25) is 0 Å². The van der Waals surface area contributed by atoms with Crippen LogP contribution in [0.3, 0.4) is 0 Å². The summed E-state index contributed by atoms with van der Waals surface area (Å²) < 4.78 is 5.61. The normalized spacial score (nSPS) is 14.7. The summed E-state index contributed by atoms with van der Waals surface area (Å²) in [4.78, 5) is 0. The van der Waals surface area contributed by atoms with Crippen LogP contribution in [0.5, 0.6) is 5.75 Å². The molecule has 104 valence electrons. The van der Waals surface area contributed by atoms with E-state index in [1.54, 1.807) is 0 Å². The van der Waals surface area contributed by atoms with Crippen molar-refractivity contribution in [3.8, 4) is 5.75 Å². The predicted octanol–water partition coefficient (Wildman–Crippen LogP) is 3.36. The molecule has 2 heteroatoms. The second-order valence-corrected chi connectivity index (χ2v) is 5.32. The molecule has 0 saturated carbocycles. The molecule has 0 radical (unpaired) electrons. The van der Waals surface area contributed by atoms with E-state index in [0.717, 1.165) is 31.7 Å². The predicted molar refractivity (Wildman–Crippen MR) is 82.5 cm³/mol. The van der Waals surface area contributed by atoms with E-state index in [-0.39, 0.29) is 0 Å². The Kier molecular flexibility index (Phi) is 4.03. The van der Waals surface area contributed by atoms with Crippen LogP contribution in [0.4, 0.5) is 0 Å². The average molecular weight is 267 g/mol. The molecule has 1 N–H and O–H groups in total. The number of hydrogen-bond donors (Lipinski definition) is 1. The Morgan fingerprint density at radius 3 is 2.75 bits per heavy atom. The molecule has 0 spiro atoms. The minimum atomic E-state index is 0.453. The van der Waals surface area contributed by atoms with Gasteiger partial charge in [-0.25, -0.2) is 0 Å². The van der Waals surface area contributed by atoms with Gasteiger partial charge in [0.15, 0.2) is 0 Å². The number of rotatable bonds is 5. The maximum Gasteiger partial charge on any atom is 0.122 e. The van der Waals surface area contributed by atoms with Crippen molar-refractivity contribution in [1.29, 1.82) is 0 Å². The summed E-state index contributed by atoms with van der Waals surface area (Å²) in [7, 11) is 2.01. The van der Waals surface area contributed by atoms with E-state index in [2.05, 4.69) is 53.8 Å². The second kappa shape index (κ2) is 6.10. The number of benzene rings is 2. The highest BCUT2D eigenvalue weighted by atomic mass is 16.5. The van der Waals surface area contributed by atoms with Crippen molar-refractivity contribution < 1.29 is 4.74 Å². The Morgan fingerprint density at radius 1 is 1.10 bits per heavy atom. The molecule has 0 unspecified atom stereocenters. The van der Waals surface area contributed by atoms with Gasteiger partial charge in [0.25, 0.3) is 0 Å². The fourth-order valence-electron chi connectivity index (χ4n) is 2.92. The Labute approximate surface area is 120 Å². The first-order chi connectivity index (χ1) is 9.88. The summed E-state index contributed by atoms with van der Waals surface area (Å²) in [6.45, 7) is 1.85. The Balaban J connectivity index is 1.92. The van der Waals surface area contributed by atoms with Crippen molar-refractivity contribution in [3.05, 3.63) is 65.2 Å². The molecule has 1 aliphatic heterocycles. The molecule has 2 aromatic rings. The third kappa shape index (κ3) is 2.70. The smallest absolute Gasteiger partial charge is 0.122 e. The molecule has 1 aliphatic rings. The van der Waals surface area contributed by atoms with Gasteiger partial charge in [0.2, 0.25) is 0 Å². The zero-order valence-electron chi connectivity index (χ0n) is 11.9. The van der Waals surface area contributed by atoms with Crippen LogP contribution in [0.2, 0.25) is 0 Å². The van der Waals surface area contributed by atoms with Crippen molar-refractivity contribution in [2.24, 2.45) is 0 Å². The Bertz CT molecular complexity index is 565. The highest BCUT2D eigenvalue weighted by Gasteiger charge is 2.18. The van der Waals surface area contributed by atoms with Gasteiger partial charge in [0, 0.05) is 12.3 Å². The van der Waals surface area contributed by atoms with Gasteiger partial charge in [-0.1, -0.05) is 42.5 Å². The van der Waals surface area contributed by atoms with Crippen LogP contribution in [-0.2, 0) is 6.42 Å². The van der Waals surface area contributed by atoms with Crippen LogP contribution in [0, 0.1) is 0 Å². The maximum absolute atomic E-state index is 5.61. The Hall–Kier alpha value is -1.80. The molecule has 2 nitrogen and oxygen atoms in total. The molecular formula is C18H21NO. The van der Waals surface area contributed by atoms with Gasteiger partial charge in [0.05, 0.1) is 6.61 Å². The van der Waals surface area contributed by atoms with Gasteiger partial charge in [-0.15, -0.1) is 0 Å². The maximum atomic E-state index is 5.61. The summed E-state index contributed by atoms with van der Waals surface area (Å²) in [6.07, 6.45) is 2.15. The molecule has 3 rings (SSSR count). The summed E-state index contributed by atoms with van der Waals surface area (Å²) >= 11 is 0. The van der Waals surface area contributed by atoms with Crippen LogP contribution in [-0.4, -0.2) is 20.2 Å². The molecule has 0 amide bonds. The SMILES string of the molecule is CNCC[C@H](c1ccccc1)c1ccc2c(c1)CCO2. The van der Waals surface area contributed by atoms with Crippen molar-refractivity contribution in [2.75, 3.05) is 20.2 Å². The van der Waals surface area contributed by atoms with Crippen molar-refractivity contribution in [3.63, 3.8) is 0 Å². The third-order valence-corrected chi connectivity index (χ3v) is 4.00. The number of fused-ring (bicyclic) bond motifs is 1. The molecule has 0 fully saturated rings. The first-order valence-corrected chi connectivity index (χ1v) is 7.33. The van der Waals surface area contributed by atoms with E-state index in [1.807, 2.05) is 7.05 Å². The van der Waals surface area contributed by atoms with E-state index in [4.69, 9.17) is 4.74 Å². The van der Waals surface area contributed by atoms with Crippen molar-refractivity contribution >= 4 is 0 Å². The Morgan fingerprint density at radius 2 is 1.95 bits per heavy atom. The van der Waals surface area contributed by atoms with Crippen molar-refractivity contribution in [2.45, 2.75) is 18.8 Å². The van der Waals surface area contributed by atoms with Gasteiger partial charge in [-0.2, -0.15) is 0 Å². The van der Waals surface area contributed by atoms with E-state index < -0.39 is 0 Å². The highest BCUT2D eigenvalue weighted by Crippen LogP contribution is 2.33. The van der Waals surface area contributed by atoms with E-state index >= 15 is 0 Å². The molecule has 1 atom stereocenters. The highest BCUT2D eigenvalue weighted by molar-refractivity contribution is 5.43. The fraction of sp³-hybridized carbons (Fsp3) is 0.333. The van der Waals surface area contributed by atoms with E-state index in [0.29, 0.717) is 5.92 Å². The molecule has 20 heavy (non-hydrogen) atoms. The summed E-state index contributed by atoms with van der Waals surface area (Å²) in [5, 5.41) is 3.27. The lowest BCUT2D eigenvalue weighted by Crippen LogP contribution is -2.13. The number of nitrogens with one attached hydrogen (secondary N) is 1. The lowest BCUT2D eigenvalue weighted by molar-refractivity contribution is 0.357. The molecule has 0 aliphatic carbocycles. The lowest BCUT2D eigenvalue weighted by Gasteiger charge is -2.18. The van der Waals surface area contributed by atoms with Crippen molar-refractivity contribution in [1.82, 2.24) is 5.32 Å². The number of ether oxygens (including phenoxy) is 1. The van der Waals surface area contributed by atoms with Gasteiger partial charge in [0.1, 0.15) is 5.75 Å². The molecule has 0 aromatic heterocycles. The third-order valence-electron chi connectivity index (χ3n) is 4.00. The second-order valence-electron chi connectivity index (χ2n) is 5.32. The van der Waals surface area contributed by atoms with Crippen LogP contribution in [0.1, 0.15) is 29.0 Å². The molecule has 0 saturated heterocycles. The minimum absolute atomic E-state index is 0.453. The van der Waals surface area contributed by atoms with E-state index in [9.17, 15) is 0 Å². The monoisotopic (exact) mass is 267 g/mol. The van der Waals surface area contributed by atoms with Crippen LogP contribution >= 0.6 is 0 Å². The molecule has 2 aromatic carbocycles. The van der Waals surface area contributed by atoms with Gasteiger partial charge < -0.3 is 10.1 Å². The largest absolute Gasteiger partial charge is 0.493 e.